The lowest BCUT2D eigenvalue weighted by atomic mass is 9.63. The molecular formula is C18H25NO. The molecule has 0 saturated carbocycles. The number of carbonyl (C=O) groups is 1. The van der Waals surface area contributed by atoms with E-state index >= 15 is 0 Å². The molecule has 0 aromatic heterocycles. The van der Waals surface area contributed by atoms with Crippen molar-refractivity contribution in [2.24, 2.45) is 0 Å². The van der Waals surface area contributed by atoms with Crippen LogP contribution in [0.4, 0.5) is 0 Å². The molecule has 1 fully saturated rings. The molecule has 0 unspecified atom stereocenters. The van der Waals surface area contributed by atoms with Crippen LogP contribution in [0.3, 0.4) is 0 Å². The third kappa shape index (κ3) is 2.06. The molecule has 1 aliphatic carbocycles. The quantitative estimate of drug-likeness (QED) is 0.821. The molecule has 1 saturated heterocycles. The van der Waals surface area contributed by atoms with Gasteiger partial charge in [-0.3, -0.25) is 4.79 Å². The van der Waals surface area contributed by atoms with Crippen molar-refractivity contribution in [2.45, 2.75) is 63.8 Å². The molecule has 1 aromatic rings. The minimum atomic E-state index is 0.163. The molecule has 2 heteroatoms. The summed E-state index contributed by atoms with van der Waals surface area (Å²) in [6.07, 6.45) is 6.25. The van der Waals surface area contributed by atoms with Crippen LogP contribution in [-0.4, -0.2) is 23.4 Å². The largest absolute Gasteiger partial charge is 0.339 e. The van der Waals surface area contributed by atoms with E-state index in [0.29, 0.717) is 18.4 Å². The van der Waals surface area contributed by atoms with Crippen LogP contribution in [0.2, 0.25) is 0 Å². The van der Waals surface area contributed by atoms with Gasteiger partial charge < -0.3 is 4.90 Å². The van der Waals surface area contributed by atoms with E-state index in [1.807, 2.05) is 0 Å². The first-order valence-corrected chi connectivity index (χ1v) is 8.04. The summed E-state index contributed by atoms with van der Waals surface area (Å²) in [5.74, 6) is 0.375. The third-order valence-corrected chi connectivity index (χ3v) is 5.36. The maximum absolute atomic E-state index is 12.3. The van der Waals surface area contributed by atoms with Gasteiger partial charge in [-0.1, -0.05) is 44.5 Å². The van der Waals surface area contributed by atoms with E-state index < -0.39 is 0 Å². The Hall–Kier alpha value is -1.31. The smallest absolute Gasteiger partial charge is 0.222 e. The summed E-state index contributed by atoms with van der Waals surface area (Å²) >= 11 is 0. The van der Waals surface area contributed by atoms with Crippen LogP contribution in [0.15, 0.2) is 24.3 Å². The maximum atomic E-state index is 12.3. The molecule has 3 rings (SSSR count). The number of benzene rings is 1. The number of unbranched alkanes of at least 4 members (excludes halogenated alkanes) is 1. The zero-order valence-electron chi connectivity index (χ0n) is 12.7. The molecular weight excluding hydrogens is 246 g/mol. The van der Waals surface area contributed by atoms with E-state index in [1.165, 1.54) is 11.1 Å². The minimum absolute atomic E-state index is 0.163. The van der Waals surface area contributed by atoms with Gasteiger partial charge in [-0.15, -0.1) is 0 Å². The van der Waals surface area contributed by atoms with Crippen molar-refractivity contribution >= 4 is 5.91 Å². The van der Waals surface area contributed by atoms with E-state index in [-0.39, 0.29) is 5.41 Å². The molecule has 2 nitrogen and oxygen atoms in total. The second-order valence-corrected chi connectivity index (χ2v) is 6.57. The lowest BCUT2D eigenvalue weighted by Crippen LogP contribution is -2.57. The summed E-state index contributed by atoms with van der Waals surface area (Å²) in [7, 11) is 0. The Morgan fingerprint density at radius 3 is 2.90 bits per heavy atom. The summed E-state index contributed by atoms with van der Waals surface area (Å²) < 4.78 is 0. The molecule has 0 bridgehead atoms. The molecule has 0 spiro atoms. The lowest BCUT2D eigenvalue weighted by molar-refractivity contribution is -0.140. The van der Waals surface area contributed by atoms with Crippen LogP contribution in [0, 0.1) is 0 Å². The highest BCUT2D eigenvalue weighted by molar-refractivity contribution is 5.78. The first-order valence-electron chi connectivity index (χ1n) is 8.04. The second-order valence-electron chi connectivity index (χ2n) is 6.57. The summed E-state index contributed by atoms with van der Waals surface area (Å²) in [4.78, 5) is 14.5. The average Bonchev–Trinajstić information content (AvgIpc) is 2.47. The second kappa shape index (κ2) is 5.23. The highest BCUT2D eigenvalue weighted by atomic mass is 16.2. The van der Waals surface area contributed by atoms with Gasteiger partial charge in [-0.2, -0.15) is 0 Å². The number of aryl methyl sites for hydroxylation is 1. The number of rotatable bonds is 3. The Balaban J connectivity index is 1.95. The Morgan fingerprint density at radius 1 is 1.30 bits per heavy atom. The standard InChI is InChI=1S/C18H25NO/c1-3-4-13-19-16-10-9-14-7-5-6-8-15(14)18(16,2)12-11-17(19)20/h5-8,16H,3-4,9-13H2,1-2H3/t16-,18-/m0/s1. The van der Waals surface area contributed by atoms with E-state index in [1.54, 1.807) is 0 Å². The molecule has 2 atom stereocenters. The van der Waals surface area contributed by atoms with Crippen molar-refractivity contribution in [1.29, 1.82) is 0 Å². The van der Waals surface area contributed by atoms with Crippen molar-refractivity contribution in [3.8, 4) is 0 Å². The zero-order chi connectivity index (χ0) is 14.2. The fourth-order valence-electron chi connectivity index (χ4n) is 4.18. The molecule has 2 aliphatic rings. The van der Waals surface area contributed by atoms with Gasteiger partial charge >= 0.3 is 0 Å². The monoisotopic (exact) mass is 271 g/mol. The van der Waals surface area contributed by atoms with Crippen molar-refractivity contribution in [2.75, 3.05) is 6.54 Å². The maximum Gasteiger partial charge on any atom is 0.222 e. The first kappa shape index (κ1) is 13.7. The van der Waals surface area contributed by atoms with Crippen LogP contribution in [0.25, 0.3) is 0 Å². The molecule has 1 aliphatic heterocycles. The molecule has 0 N–H and O–H groups in total. The van der Waals surface area contributed by atoms with Crippen molar-refractivity contribution < 1.29 is 4.79 Å². The van der Waals surface area contributed by atoms with Gasteiger partial charge in [-0.25, -0.2) is 0 Å². The Kier molecular flexibility index (Phi) is 3.57. The van der Waals surface area contributed by atoms with E-state index in [0.717, 1.165) is 38.6 Å². The number of amides is 1. The van der Waals surface area contributed by atoms with Crippen LogP contribution >= 0.6 is 0 Å². The predicted molar refractivity (Wildman–Crippen MR) is 81.8 cm³/mol. The SMILES string of the molecule is CCCCN1C(=O)CC[C@@]2(C)c3ccccc3CC[C@H]12. The van der Waals surface area contributed by atoms with Gasteiger partial charge in [0, 0.05) is 24.4 Å². The van der Waals surface area contributed by atoms with Crippen molar-refractivity contribution in [3.05, 3.63) is 35.4 Å². The highest BCUT2D eigenvalue weighted by Crippen LogP contribution is 2.45. The predicted octanol–water partition coefficient (Wildman–Crippen LogP) is 3.68. The molecule has 108 valence electrons. The highest BCUT2D eigenvalue weighted by Gasteiger charge is 2.47. The van der Waals surface area contributed by atoms with Gasteiger partial charge in [0.15, 0.2) is 0 Å². The van der Waals surface area contributed by atoms with Gasteiger partial charge in [0.25, 0.3) is 0 Å². The molecule has 1 aromatic carbocycles. The van der Waals surface area contributed by atoms with Crippen LogP contribution < -0.4 is 0 Å². The Morgan fingerprint density at radius 2 is 2.10 bits per heavy atom. The minimum Gasteiger partial charge on any atom is -0.339 e. The van der Waals surface area contributed by atoms with Gasteiger partial charge in [0.1, 0.15) is 0 Å². The lowest BCUT2D eigenvalue weighted by Gasteiger charge is -2.51. The molecule has 20 heavy (non-hydrogen) atoms. The van der Waals surface area contributed by atoms with Crippen molar-refractivity contribution in [1.82, 2.24) is 4.90 Å². The van der Waals surface area contributed by atoms with Crippen LogP contribution in [0.1, 0.15) is 57.1 Å². The Labute approximate surface area is 122 Å². The van der Waals surface area contributed by atoms with Gasteiger partial charge in [-0.05, 0) is 36.8 Å². The molecule has 1 heterocycles. The van der Waals surface area contributed by atoms with Gasteiger partial charge in [0.05, 0.1) is 0 Å². The number of likely N-dealkylation sites (tertiary alicyclic amines) is 1. The molecule has 0 radical (unpaired) electrons. The normalized spacial score (nSPS) is 29.0. The average molecular weight is 271 g/mol. The first-order chi connectivity index (χ1) is 9.66. The number of nitrogens with zero attached hydrogens (tertiary/aromatic N) is 1. The number of carbonyl (C=O) groups excluding carboxylic acids is 1. The molecule has 1 amide bonds. The number of piperidine rings is 1. The van der Waals surface area contributed by atoms with Crippen LogP contribution in [0.5, 0.6) is 0 Å². The summed E-state index contributed by atoms with van der Waals surface area (Å²) in [6.45, 7) is 5.52. The van der Waals surface area contributed by atoms with E-state index in [4.69, 9.17) is 0 Å². The number of hydrogen-bond acceptors (Lipinski definition) is 1. The zero-order valence-corrected chi connectivity index (χ0v) is 12.7. The third-order valence-electron chi connectivity index (χ3n) is 5.36. The van der Waals surface area contributed by atoms with Crippen LogP contribution in [-0.2, 0) is 16.6 Å². The summed E-state index contributed by atoms with van der Waals surface area (Å²) in [5, 5.41) is 0. The fourth-order valence-corrected chi connectivity index (χ4v) is 4.18. The fraction of sp³-hybridized carbons (Fsp3) is 0.611. The summed E-state index contributed by atoms with van der Waals surface area (Å²) in [6, 6.07) is 9.26. The number of fused-ring (bicyclic) bond motifs is 3. The van der Waals surface area contributed by atoms with E-state index in [2.05, 4.69) is 43.0 Å². The topological polar surface area (TPSA) is 20.3 Å². The van der Waals surface area contributed by atoms with E-state index in [9.17, 15) is 4.79 Å². The van der Waals surface area contributed by atoms with Crippen molar-refractivity contribution in [3.63, 3.8) is 0 Å². The Bertz CT molecular complexity index is 510. The number of hydrogen-bond donors (Lipinski definition) is 0. The van der Waals surface area contributed by atoms with Gasteiger partial charge in [0.2, 0.25) is 5.91 Å². The summed E-state index contributed by atoms with van der Waals surface area (Å²) in [5.41, 5.74) is 3.15.